The molecule has 2 rings (SSSR count). The SMILES string of the molecule is Fc1ccc(Cl)cc1NCC1CCCCO1. The number of benzene rings is 1. The lowest BCUT2D eigenvalue weighted by atomic mass is 10.1. The van der Waals surface area contributed by atoms with Gasteiger partial charge in [-0.1, -0.05) is 11.6 Å². The molecule has 1 N–H and O–H groups in total. The molecule has 1 atom stereocenters. The summed E-state index contributed by atoms with van der Waals surface area (Å²) in [6.07, 6.45) is 3.54. The monoisotopic (exact) mass is 243 g/mol. The summed E-state index contributed by atoms with van der Waals surface area (Å²) >= 11 is 5.80. The number of halogens is 2. The zero-order valence-electron chi connectivity index (χ0n) is 9.01. The summed E-state index contributed by atoms with van der Waals surface area (Å²) in [7, 11) is 0. The summed E-state index contributed by atoms with van der Waals surface area (Å²) in [6, 6.07) is 4.51. The second-order valence-electron chi connectivity index (χ2n) is 3.99. The largest absolute Gasteiger partial charge is 0.380 e. The maximum absolute atomic E-state index is 13.4. The molecule has 0 amide bonds. The molecular weight excluding hydrogens is 229 g/mol. The van der Waals surface area contributed by atoms with Gasteiger partial charge in [-0.05, 0) is 37.5 Å². The van der Waals surface area contributed by atoms with E-state index in [4.69, 9.17) is 16.3 Å². The van der Waals surface area contributed by atoms with Crippen LogP contribution in [0.3, 0.4) is 0 Å². The van der Waals surface area contributed by atoms with E-state index in [0.29, 0.717) is 17.3 Å². The molecule has 0 saturated carbocycles. The van der Waals surface area contributed by atoms with Crippen LogP contribution in [-0.2, 0) is 4.74 Å². The molecule has 0 spiro atoms. The van der Waals surface area contributed by atoms with Gasteiger partial charge in [-0.25, -0.2) is 4.39 Å². The first-order chi connectivity index (χ1) is 7.75. The molecule has 1 heterocycles. The third-order valence-corrected chi connectivity index (χ3v) is 2.96. The highest BCUT2D eigenvalue weighted by molar-refractivity contribution is 6.30. The van der Waals surface area contributed by atoms with Crippen molar-refractivity contribution >= 4 is 17.3 Å². The molecule has 2 nitrogen and oxygen atoms in total. The second-order valence-corrected chi connectivity index (χ2v) is 4.43. The Balaban J connectivity index is 1.90. The van der Waals surface area contributed by atoms with Crippen molar-refractivity contribution in [2.24, 2.45) is 0 Å². The first kappa shape index (κ1) is 11.7. The third-order valence-electron chi connectivity index (χ3n) is 2.72. The van der Waals surface area contributed by atoms with Crippen LogP contribution >= 0.6 is 11.6 Å². The van der Waals surface area contributed by atoms with Gasteiger partial charge in [-0.15, -0.1) is 0 Å². The zero-order chi connectivity index (χ0) is 11.4. The maximum atomic E-state index is 13.4. The lowest BCUT2D eigenvalue weighted by Crippen LogP contribution is -2.27. The summed E-state index contributed by atoms with van der Waals surface area (Å²) in [5.74, 6) is -0.278. The molecule has 1 unspecified atom stereocenters. The van der Waals surface area contributed by atoms with Crippen LogP contribution < -0.4 is 5.32 Å². The van der Waals surface area contributed by atoms with Gasteiger partial charge in [0.15, 0.2) is 0 Å². The van der Waals surface area contributed by atoms with E-state index in [1.807, 2.05) is 0 Å². The predicted octanol–water partition coefficient (Wildman–Crippen LogP) is 3.46. The Morgan fingerprint density at radius 1 is 1.44 bits per heavy atom. The average Bonchev–Trinajstić information content (AvgIpc) is 2.32. The molecule has 88 valence electrons. The number of hydrogen-bond donors (Lipinski definition) is 1. The lowest BCUT2D eigenvalue weighted by molar-refractivity contribution is 0.0247. The Labute approximate surface area is 99.7 Å². The Kier molecular flexibility index (Phi) is 4.02. The molecule has 4 heteroatoms. The van der Waals surface area contributed by atoms with E-state index in [1.165, 1.54) is 12.5 Å². The second kappa shape index (κ2) is 5.51. The number of nitrogens with one attached hydrogen (secondary N) is 1. The molecule has 16 heavy (non-hydrogen) atoms. The van der Waals surface area contributed by atoms with Crippen LogP contribution in [0.5, 0.6) is 0 Å². The first-order valence-electron chi connectivity index (χ1n) is 5.56. The van der Waals surface area contributed by atoms with Crippen LogP contribution in [0.2, 0.25) is 5.02 Å². The van der Waals surface area contributed by atoms with Gasteiger partial charge in [-0.2, -0.15) is 0 Å². The molecule has 1 aliphatic rings. The fraction of sp³-hybridized carbons (Fsp3) is 0.500. The number of hydrogen-bond acceptors (Lipinski definition) is 2. The van der Waals surface area contributed by atoms with Crippen molar-refractivity contribution in [3.05, 3.63) is 29.0 Å². The van der Waals surface area contributed by atoms with E-state index in [9.17, 15) is 4.39 Å². The molecule has 1 aromatic rings. The van der Waals surface area contributed by atoms with E-state index in [1.54, 1.807) is 12.1 Å². The minimum Gasteiger partial charge on any atom is -0.380 e. The van der Waals surface area contributed by atoms with Crippen LogP contribution in [0.4, 0.5) is 10.1 Å². The molecule has 1 aromatic carbocycles. The summed E-state index contributed by atoms with van der Waals surface area (Å²) < 4.78 is 18.9. The first-order valence-corrected chi connectivity index (χ1v) is 5.94. The maximum Gasteiger partial charge on any atom is 0.146 e. The molecular formula is C12H15ClFNO. The summed E-state index contributed by atoms with van der Waals surface area (Å²) in [4.78, 5) is 0. The van der Waals surface area contributed by atoms with E-state index in [0.717, 1.165) is 19.4 Å². The molecule has 0 aromatic heterocycles. The lowest BCUT2D eigenvalue weighted by Gasteiger charge is -2.23. The van der Waals surface area contributed by atoms with Gasteiger partial charge < -0.3 is 10.1 Å². The number of anilines is 1. The van der Waals surface area contributed by atoms with Gasteiger partial charge >= 0.3 is 0 Å². The fourth-order valence-corrected chi connectivity index (χ4v) is 2.00. The highest BCUT2D eigenvalue weighted by Crippen LogP contribution is 2.20. The van der Waals surface area contributed by atoms with E-state index < -0.39 is 0 Å². The molecule has 0 bridgehead atoms. The van der Waals surface area contributed by atoms with Crippen molar-refractivity contribution in [3.8, 4) is 0 Å². The van der Waals surface area contributed by atoms with Gasteiger partial charge in [0, 0.05) is 18.2 Å². The highest BCUT2D eigenvalue weighted by atomic mass is 35.5. The minimum absolute atomic E-state index is 0.187. The standard InChI is InChI=1S/C12H15ClFNO/c13-9-4-5-11(14)12(7-9)15-8-10-3-1-2-6-16-10/h4-5,7,10,15H,1-3,6,8H2. The fourth-order valence-electron chi connectivity index (χ4n) is 1.83. The van der Waals surface area contributed by atoms with Gasteiger partial charge in [0.25, 0.3) is 0 Å². The van der Waals surface area contributed by atoms with Crippen molar-refractivity contribution in [3.63, 3.8) is 0 Å². The van der Waals surface area contributed by atoms with Crippen LogP contribution in [0.15, 0.2) is 18.2 Å². The molecule has 1 fully saturated rings. The van der Waals surface area contributed by atoms with Crippen LogP contribution in [-0.4, -0.2) is 19.3 Å². The highest BCUT2D eigenvalue weighted by Gasteiger charge is 2.14. The molecule has 1 saturated heterocycles. The Bertz CT molecular complexity index is 353. The molecule has 1 aliphatic heterocycles. The number of rotatable bonds is 3. The Morgan fingerprint density at radius 3 is 3.06 bits per heavy atom. The van der Waals surface area contributed by atoms with Crippen molar-refractivity contribution < 1.29 is 9.13 Å². The van der Waals surface area contributed by atoms with E-state index in [2.05, 4.69) is 5.32 Å². The van der Waals surface area contributed by atoms with Gasteiger partial charge in [0.05, 0.1) is 11.8 Å². The summed E-state index contributed by atoms with van der Waals surface area (Å²) in [6.45, 7) is 1.45. The molecule has 0 aliphatic carbocycles. The normalized spacial score (nSPS) is 20.8. The summed E-state index contributed by atoms with van der Waals surface area (Å²) in [5, 5.41) is 3.57. The topological polar surface area (TPSA) is 21.3 Å². The molecule has 0 radical (unpaired) electrons. The van der Waals surface area contributed by atoms with Crippen molar-refractivity contribution in [1.29, 1.82) is 0 Å². The number of ether oxygens (including phenoxy) is 1. The van der Waals surface area contributed by atoms with Crippen LogP contribution in [0.25, 0.3) is 0 Å². The van der Waals surface area contributed by atoms with Gasteiger partial charge in [0.1, 0.15) is 5.82 Å². The van der Waals surface area contributed by atoms with Gasteiger partial charge in [0.2, 0.25) is 0 Å². The van der Waals surface area contributed by atoms with E-state index in [-0.39, 0.29) is 11.9 Å². The van der Waals surface area contributed by atoms with Crippen molar-refractivity contribution in [1.82, 2.24) is 0 Å². The van der Waals surface area contributed by atoms with Crippen LogP contribution in [0.1, 0.15) is 19.3 Å². The quantitative estimate of drug-likeness (QED) is 0.878. The smallest absolute Gasteiger partial charge is 0.146 e. The van der Waals surface area contributed by atoms with E-state index >= 15 is 0 Å². The zero-order valence-corrected chi connectivity index (χ0v) is 9.77. The average molecular weight is 244 g/mol. The summed E-state index contributed by atoms with van der Waals surface area (Å²) in [5.41, 5.74) is 0.446. The Hall–Kier alpha value is -0.800. The predicted molar refractivity (Wildman–Crippen MR) is 63.5 cm³/mol. The minimum atomic E-state index is -0.278. The van der Waals surface area contributed by atoms with Gasteiger partial charge in [-0.3, -0.25) is 0 Å². The van der Waals surface area contributed by atoms with Crippen molar-refractivity contribution in [2.45, 2.75) is 25.4 Å². The third kappa shape index (κ3) is 3.09. The Morgan fingerprint density at radius 2 is 2.31 bits per heavy atom. The van der Waals surface area contributed by atoms with Crippen LogP contribution in [0, 0.1) is 5.82 Å². The van der Waals surface area contributed by atoms with Crippen molar-refractivity contribution in [2.75, 3.05) is 18.5 Å².